The normalized spacial score (nSPS) is 9.53. The molecule has 0 aliphatic carbocycles. The summed E-state index contributed by atoms with van der Waals surface area (Å²) in [4.78, 5) is 11.0. The van der Waals surface area contributed by atoms with Gasteiger partial charge in [-0.15, -0.1) is 0 Å². The summed E-state index contributed by atoms with van der Waals surface area (Å²) in [5.74, 6) is 0. The Labute approximate surface area is 106 Å². The van der Waals surface area contributed by atoms with E-state index in [1.54, 1.807) is 6.92 Å². The van der Waals surface area contributed by atoms with Crippen LogP contribution in [0.1, 0.15) is 18.1 Å². The van der Waals surface area contributed by atoms with Gasteiger partial charge in [0, 0.05) is 6.54 Å². The lowest BCUT2D eigenvalue weighted by atomic mass is 10.1. The number of ether oxygens (including phenoxy) is 1. The van der Waals surface area contributed by atoms with E-state index in [9.17, 15) is 4.79 Å². The first-order valence-electron chi connectivity index (χ1n) is 5.39. The molecular weight excluding hydrogens is 236 g/mol. The van der Waals surface area contributed by atoms with Crippen molar-refractivity contribution in [3.63, 3.8) is 0 Å². The Morgan fingerprint density at radius 3 is 2.59 bits per heavy atom. The van der Waals surface area contributed by atoms with Gasteiger partial charge in [-0.1, -0.05) is 29.8 Å². The lowest BCUT2D eigenvalue weighted by Crippen LogP contribution is -2.39. The molecule has 1 rings (SSSR count). The van der Waals surface area contributed by atoms with Crippen molar-refractivity contribution in [3.05, 3.63) is 35.4 Å². The Hall–Kier alpha value is -1.62. The van der Waals surface area contributed by atoms with E-state index >= 15 is 0 Å². The van der Waals surface area contributed by atoms with Crippen molar-refractivity contribution in [1.82, 2.24) is 10.6 Å². The zero-order valence-electron chi connectivity index (χ0n) is 9.95. The van der Waals surface area contributed by atoms with Crippen molar-refractivity contribution >= 4 is 23.4 Å². The largest absolute Gasteiger partial charge is 0.450 e. The SMILES string of the molecule is CCOC(=O)NC(=S)NCc1ccc(C)cc1. The number of hydrogen-bond acceptors (Lipinski definition) is 3. The zero-order chi connectivity index (χ0) is 12.7. The third-order valence-corrected chi connectivity index (χ3v) is 2.31. The van der Waals surface area contributed by atoms with Crippen LogP contribution in [0, 0.1) is 6.92 Å². The van der Waals surface area contributed by atoms with E-state index in [1.807, 2.05) is 31.2 Å². The standard InChI is InChI=1S/C12H16N2O2S/c1-3-16-12(15)14-11(17)13-8-10-6-4-9(2)5-7-10/h4-7H,3,8H2,1-2H3,(H2,13,14,15,17). The van der Waals surface area contributed by atoms with Crippen LogP contribution >= 0.6 is 12.2 Å². The van der Waals surface area contributed by atoms with Crippen LogP contribution in [-0.4, -0.2) is 17.8 Å². The molecule has 0 atom stereocenters. The minimum absolute atomic E-state index is 0.268. The van der Waals surface area contributed by atoms with E-state index in [0.29, 0.717) is 13.2 Å². The van der Waals surface area contributed by atoms with Gasteiger partial charge in [-0.25, -0.2) is 4.79 Å². The lowest BCUT2D eigenvalue weighted by molar-refractivity contribution is 0.157. The van der Waals surface area contributed by atoms with E-state index in [4.69, 9.17) is 17.0 Å². The van der Waals surface area contributed by atoms with Crippen LogP contribution in [0.25, 0.3) is 0 Å². The summed E-state index contributed by atoms with van der Waals surface area (Å²) in [6, 6.07) is 8.07. The van der Waals surface area contributed by atoms with Gasteiger partial charge in [0.15, 0.2) is 5.11 Å². The van der Waals surface area contributed by atoms with Crippen molar-refractivity contribution < 1.29 is 9.53 Å². The van der Waals surface area contributed by atoms with E-state index < -0.39 is 6.09 Å². The van der Waals surface area contributed by atoms with Crippen LogP contribution in [0.2, 0.25) is 0 Å². The molecule has 1 amide bonds. The van der Waals surface area contributed by atoms with E-state index in [1.165, 1.54) is 5.56 Å². The molecule has 0 unspecified atom stereocenters. The lowest BCUT2D eigenvalue weighted by Gasteiger charge is -2.09. The van der Waals surface area contributed by atoms with Gasteiger partial charge in [0.05, 0.1) is 6.61 Å². The highest BCUT2D eigenvalue weighted by molar-refractivity contribution is 7.80. The number of amides is 1. The Balaban J connectivity index is 2.33. The molecule has 0 aromatic heterocycles. The number of thiocarbonyl (C=S) groups is 1. The molecule has 0 aliphatic rings. The van der Waals surface area contributed by atoms with Crippen LogP contribution in [-0.2, 0) is 11.3 Å². The molecule has 0 heterocycles. The average Bonchev–Trinajstić information content (AvgIpc) is 2.28. The molecular formula is C12H16N2O2S. The molecule has 0 saturated carbocycles. The third-order valence-electron chi connectivity index (χ3n) is 2.06. The fourth-order valence-electron chi connectivity index (χ4n) is 1.19. The smallest absolute Gasteiger partial charge is 0.413 e. The summed E-state index contributed by atoms with van der Waals surface area (Å²) in [7, 11) is 0. The van der Waals surface area contributed by atoms with E-state index in [0.717, 1.165) is 5.56 Å². The fraction of sp³-hybridized carbons (Fsp3) is 0.333. The summed E-state index contributed by atoms with van der Waals surface area (Å²) >= 11 is 4.95. The second-order valence-corrected chi connectivity index (χ2v) is 3.92. The molecule has 0 aliphatic heterocycles. The maximum absolute atomic E-state index is 11.0. The predicted octanol–water partition coefficient (Wildman–Crippen LogP) is 2.12. The summed E-state index contributed by atoms with van der Waals surface area (Å²) in [6.45, 7) is 4.67. The monoisotopic (exact) mass is 252 g/mol. The minimum Gasteiger partial charge on any atom is -0.450 e. The van der Waals surface area contributed by atoms with Crippen LogP contribution in [0.5, 0.6) is 0 Å². The Kier molecular flexibility index (Phi) is 5.42. The molecule has 0 spiro atoms. The van der Waals surface area contributed by atoms with Gasteiger partial charge in [-0.2, -0.15) is 0 Å². The second-order valence-electron chi connectivity index (χ2n) is 3.51. The predicted molar refractivity (Wildman–Crippen MR) is 70.8 cm³/mol. The average molecular weight is 252 g/mol. The number of alkyl carbamates (subject to hydrolysis) is 1. The third kappa shape index (κ3) is 5.31. The molecule has 17 heavy (non-hydrogen) atoms. The molecule has 92 valence electrons. The molecule has 1 aromatic carbocycles. The van der Waals surface area contributed by atoms with E-state index in [-0.39, 0.29) is 5.11 Å². The van der Waals surface area contributed by atoms with Gasteiger partial charge < -0.3 is 10.1 Å². The van der Waals surface area contributed by atoms with Crippen molar-refractivity contribution in [3.8, 4) is 0 Å². The number of aryl methyl sites for hydroxylation is 1. The van der Waals surface area contributed by atoms with Crippen molar-refractivity contribution in [2.75, 3.05) is 6.61 Å². The van der Waals surface area contributed by atoms with E-state index in [2.05, 4.69) is 10.6 Å². The Morgan fingerprint density at radius 2 is 2.00 bits per heavy atom. The number of hydrogen-bond donors (Lipinski definition) is 2. The van der Waals surface area contributed by atoms with Crippen LogP contribution in [0.3, 0.4) is 0 Å². The summed E-state index contributed by atoms with van der Waals surface area (Å²) in [5.41, 5.74) is 2.31. The number of nitrogens with one attached hydrogen (secondary N) is 2. The Bertz CT molecular complexity index is 390. The van der Waals surface area contributed by atoms with Crippen molar-refractivity contribution in [2.24, 2.45) is 0 Å². The molecule has 4 nitrogen and oxygen atoms in total. The maximum atomic E-state index is 11.0. The van der Waals surface area contributed by atoms with Crippen molar-refractivity contribution in [1.29, 1.82) is 0 Å². The van der Waals surface area contributed by atoms with Crippen LogP contribution < -0.4 is 10.6 Å². The Morgan fingerprint density at radius 1 is 1.35 bits per heavy atom. The summed E-state index contributed by atoms with van der Waals surface area (Å²) in [5, 5.41) is 5.62. The highest BCUT2D eigenvalue weighted by Crippen LogP contribution is 2.02. The van der Waals surface area contributed by atoms with Crippen LogP contribution in [0.4, 0.5) is 4.79 Å². The van der Waals surface area contributed by atoms with Gasteiger partial charge in [0.2, 0.25) is 0 Å². The summed E-state index contributed by atoms with van der Waals surface area (Å²) < 4.78 is 4.70. The number of rotatable bonds is 3. The first kappa shape index (κ1) is 13.4. The topological polar surface area (TPSA) is 50.4 Å². The zero-order valence-corrected chi connectivity index (χ0v) is 10.8. The van der Waals surface area contributed by atoms with Gasteiger partial charge in [0.1, 0.15) is 0 Å². The number of benzene rings is 1. The molecule has 5 heteroatoms. The molecule has 0 radical (unpaired) electrons. The first-order chi connectivity index (χ1) is 8.11. The van der Waals surface area contributed by atoms with Gasteiger partial charge in [-0.3, -0.25) is 5.32 Å². The van der Waals surface area contributed by atoms with Gasteiger partial charge >= 0.3 is 6.09 Å². The molecule has 1 aromatic rings. The molecule has 0 fully saturated rings. The summed E-state index contributed by atoms with van der Waals surface area (Å²) in [6.07, 6.45) is -0.533. The molecule has 0 saturated heterocycles. The fourth-order valence-corrected chi connectivity index (χ4v) is 1.35. The maximum Gasteiger partial charge on any atom is 0.413 e. The van der Waals surface area contributed by atoms with Gasteiger partial charge in [-0.05, 0) is 31.6 Å². The minimum atomic E-state index is -0.533. The van der Waals surface area contributed by atoms with Gasteiger partial charge in [0.25, 0.3) is 0 Å². The molecule has 0 bridgehead atoms. The van der Waals surface area contributed by atoms with Crippen molar-refractivity contribution in [2.45, 2.75) is 20.4 Å². The second kappa shape index (κ2) is 6.85. The molecule has 2 N–H and O–H groups in total. The number of carbonyl (C=O) groups excluding carboxylic acids is 1. The quantitative estimate of drug-likeness (QED) is 0.809. The highest BCUT2D eigenvalue weighted by Gasteiger charge is 2.03. The van der Waals surface area contributed by atoms with Crippen LogP contribution in [0.15, 0.2) is 24.3 Å². The highest BCUT2D eigenvalue weighted by atomic mass is 32.1. The first-order valence-corrected chi connectivity index (χ1v) is 5.79. The number of carbonyl (C=O) groups is 1.